The van der Waals surface area contributed by atoms with Crippen LogP contribution in [0.5, 0.6) is 0 Å². The summed E-state index contributed by atoms with van der Waals surface area (Å²) < 4.78 is 5.87. The van der Waals surface area contributed by atoms with Gasteiger partial charge >= 0.3 is 0 Å². The Bertz CT molecular complexity index is 427. The Labute approximate surface area is 134 Å². The minimum atomic E-state index is 0.514. The van der Waals surface area contributed by atoms with Gasteiger partial charge in [-0.2, -0.15) is 0 Å². The van der Waals surface area contributed by atoms with E-state index in [0.717, 1.165) is 32.1 Å². The van der Waals surface area contributed by atoms with Crippen LogP contribution in [0.3, 0.4) is 0 Å². The van der Waals surface area contributed by atoms with E-state index in [2.05, 4.69) is 34.7 Å². The summed E-state index contributed by atoms with van der Waals surface area (Å²) in [6.45, 7) is 5.40. The second-order valence-electron chi connectivity index (χ2n) is 5.74. The maximum atomic E-state index is 5.87. The molecule has 0 saturated heterocycles. The van der Waals surface area contributed by atoms with Crippen molar-refractivity contribution in [2.45, 2.75) is 51.7 Å². The zero-order chi connectivity index (χ0) is 15.5. The van der Waals surface area contributed by atoms with Crippen LogP contribution in [0.2, 0.25) is 0 Å². The Morgan fingerprint density at radius 3 is 2.68 bits per heavy atom. The summed E-state index contributed by atoms with van der Waals surface area (Å²) >= 11 is 0. The Kier molecular flexibility index (Phi) is 7.81. The van der Waals surface area contributed by atoms with Crippen LogP contribution in [-0.4, -0.2) is 31.8 Å². The SMILES string of the molecule is CCNC(=NCc1ccccc1)NCCCOC1CCCC1. The molecule has 1 aliphatic carbocycles. The number of nitrogens with zero attached hydrogens (tertiary/aromatic N) is 1. The molecule has 0 heterocycles. The van der Waals surface area contributed by atoms with Crippen LogP contribution in [-0.2, 0) is 11.3 Å². The molecule has 122 valence electrons. The highest BCUT2D eigenvalue weighted by molar-refractivity contribution is 5.79. The van der Waals surface area contributed by atoms with E-state index in [9.17, 15) is 0 Å². The minimum Gasteiger partial charge on any atom is -0.378 e. The molecule has 0 bridgehead atoms. The molecule has 2 N–H and O–H groups in total. The fourth-order valence-electron chi connectivity index (χ4n) is 2.68. The maximum absolute atomic E-state index is 5.87. The number of rotatable bonds is 8. The van der Waals surface area contributed by atoms with E-state index < -0.39 is 0 Å². The van der Waals surface area contributed by atoms with Crippen molar-refractivity contribution >= 4 is 5.96 Å². The lowest BCUT2D eigenvalue weighted by Gasteiger charge is -2.13. The Hall–Kier alpha value is -1.55. The number of benzene rings is 1. The van der Waals surface area contributed by atoms with Crippen LogP contribution in [0.1, 0.15) is 44.6 Å². The van der Waals surface area contributed by atoms with Crippen molar-refractivity contribution in [2.75, 3.05) is 19.7 Å². The molecule has 0 amide bonds. The fraction of sp³-hybridized carbons (Fsp3) is 0.611. The first kappa shape index (κ1) is 16.8. The van der Waals surface area contributed by atoms with Crippen molar-refractivity contribution in [3.8, 4) is 0 Å². The van der Waals surface area contributed by atoms with E-state index in [1.165, 1.54) is 31.2 Å². The van der Waals surface area contributed by atoms with E-state index in [0.29, 0.717) is 12.6 Å². The molecular formula is C18H29N3O. The van der Waals surface area contributed by atoms with Crippen molar-refractivity contribution in [3.05, 3.63) is 35.9 Å². The van der Waals surface area contributed by atoms with Crippen molar-refractivity contribution in [1.82, 2.24) is 10.6 Å². The van der Waals surface area contributed by atoms with Gasteiger partial charge in [0, 0.05) is 19.7 Å². The second-order valence-corrected chi connectivity index (χ2v) is 5.74. The zero-order valence-corrected chi connectivity index (χ0v) is 13.7. The molecule has 0 spiro atoms. The number of hydrogen-bond acceptors (Lipinski definition) is 2. The largest absolute Gasteiger partial charge is 0.378 e. The first-order valence-corrected chi connectivity index (χ1v) is 8.56. The number of hydrogen-bond donors (Lipinski definition) is 2. The summed E-state index contributed by atoms with van der Waals surface area (Å²) in [7, 11) is 0. The molecule has 0 unspecified atom stereocenters. The third-order valence-electron chi connectivity index (χ3n) is 3.88. The molecule has 1 aliphatic rings. The van der Waals surface area contributed by atoms with Gasteiger partial charge in [-0.15, -0.1) is 0 Å². The van der Waals surface area contributed by atoms with Gasteiger partial charge in [-0.1, -0.05) is 43.2 Å². The lowest BCUT2D eigenvalue weighted by Crippen LogP contribution is -2.38. The van der Waals surface area contributed by atoms with E-state index in [1.54, 1.807) is 0 Å². The molecule has 0 radical (unpaired) electrons. The van der Waals surface area contributed by atoms with Crippen LogP contribution in [0, 0.1) is 0 Å². The molecule has 1 aromatic carbocycles. The second kappa shape index (κ2) is 10.2. The minimum absolute atomic E-state index is 0.514. The third kappa shape index (κ3) is 6.48. The highest BCUT2D eigenvalue weighted by Crippen LogP contribution is 2.20. The molecule has 2 rings (SSSR count). The van der Waals surface area contributed by atoms with Crippen molar-refractivity contribution in [2.24, 2.45) is 4.99 Å². The van der Waals surface area contributed by atoms with Gasteiger partial charge < -0.3 is 15.4 Å². The van der Waals surface area contributed by atoms with Gasteiger partial charge in [0.15, 0.2) is 5.96 Å². The van der Waals surface area contributed by atoms with Gasteiger partial charge in [-0.05, 0) is 31.7 Å². The molecule has 4 nitrogen and oxygen atoms in total. The first-order chi connectivity index (χ1) is 10.9. The van der Waals surface area contributed by atoms with Gasteiger partial charge in [0.1, 0.15) is 0 Å². The summed E-state index contributed by atoms with van der Waals surface area (Å²) in [5.41, 5.74) is 1.23. The van der Waals surface area contributed by atoms with Gasteiger partial charge in [0.25, 0.3) is 0 Å². The Morgan fingerprint density at radius 1 is 1.18 bits per heavy atom. The molecular weight excluding hydrogens is 274 g/mol. The van der Waals surface area contributed by atoms with Crippen molar-refractivity contribution in [1.29, 1.82) is 0 Å². The smallest absolute Gasteiger partial charge is 0.191 e. The molecule has 4 heteroatoms. The van der Waals surface area contributed by atoms with E-state index in [1.807, 2.05) is 18.2 Å². The monoisotopic (exact) mass is 303 g/mol. The molecule has 0 atom stereocenters. The number of nitrogens with one attached hydrogen (secondary N) is 2. The predicted octanol–water partition coefficient (Wildman–Crippen LogP) is 3.09. The van der Waals surface area contributed by atoms with Gasteiger partial charge in [0.05, 0.1) is 12.6 Å². The topological polar surface area (TPSA) is 45.7 Å². The normalized spacial score (nSPS) is 16.0. The van der Waals surface area contributed by atoms with Gasteiger partial charge in [-0.3, -0.25) is 0 Å². The van der Waals surface area contributed by atoms with Crippen molar-refractivity contribution < 1.29 is 4.74 Å². The number of ether oxygens (including phenoxy) is 1. The average molecular weight is 303 g/mol. The van der Waals surface area contributed by atoms with Crippen LogP contribution in [0.15, 0.2) is 35.3 Å². The summed E-state index contributed by atoms with van der Waals surface area (Å²) in [6.07, 6.45) is 6.69. The van der Waals surface area contributed by atoms with Crippen LogP contribution in [0.25, 0.3) is 0 Å². The molecule has 22 heavy (non-hydrogen) atoms. The lowest BCUT2D eigenvalue weighted by atomic mass is 10.2. The lowest BCUT2D eigenvalue weighted by molar-refractivity contribution is 0.0574. The zero-order valence-electron chi connectivity index (χ0n) is 13.7. The van der Waals surface area contributed by atoms with Crippen molar-refractivity contribution in [3.63, 3.8) is 0 Å². The van der Waals surface area contributed by atoms with Crippen LogP contribution in [0.4, 0.5) is 0 Å². The summed E-state index contributed by atoms with van der Waals surface area (Å²) in [6, 6.07) is 10.3. The molecule has 0 aromatic heterocycles. The first-order valence-electron chi connectivity index (χ1n) is 8.56. The third-order valence-corrected chi connectivity index (χ3v) is 3.88. The Balaban J connectivity index is 1.64. The van der Waals surface area contributed by atoms with E-state index in [4.69, 9.17) is 4.74 Å². The van der Waals surface area contributed by atoms with Crippen LogP contribution >= 0.6 is 0 Å². The standard InChI is InChI=1S/C18H29N3O/c1-2-19-18(21-15-16-9-4-3-5-10-16)20-13-8-14-22-17-11-6-7-12-17/h3-5,9-10,17H,2,6-8,11-15H2,1H3,(H2,19,20,21). The van der Waals surface area contributed by atoms with E-state index in [-0.39, 0.29) is 0 Å². The molecule has 1 aromatic rings. The summed E-state index contributed by atoms with van der Waals surface area (Å²) in [4.78, 5) is 4.61. The molecule has 1 saturated carbocycles. The quantitative estimate of drug-likeness (QED) is 0.441. The summed E-state index contributed by atoms with van der Waals surface area (Å²) in [5, 5.41) is 6.66. The average Bonchev–Trinajstić information content (AvgIpc) is 3.06. The predicted molar refractivity (Wildman–Crippen MR) is 92.1 cm³/mol. The van der Waals surface area contributed by atoms with Crippen LogP contribution < -0.4 is 10.6 Å². The van der Waals surface area contributed by atoms with Gasteiger partial charge in [0.2, 0.25) is 0 Å². The number of guanidine groups is 1. The maximum Gasteiger partial charge on any atom is 0.191 e. The van der Waals surface area contributed by atoms with Gasteiger partial charge in [-0.25, -0.2) is 4.99 Å². The highest BCUT2D eigenvalue weighted by Gasteiger charge is 2.14. The number of aliphatic imine (C=N–C) groups is 1. The summed E-state index contributed by atoms with van der Waals surface area (Å²) in [5.74, 6) is 0.882. The highest BCUT2D eigenvalue weighted by atomic mass is 16.5. The Morgan fingerprint density at radius 2 is 1.95 bits per heavy atom. The van der Waals surface area contributed by atoms with E-state index >= 15 is 0 Å². The molecule has 0 aliphatic heterocycles. The fourth-order valence-corrected chi connectivity index (χ4v) is 2.68. The molecule has 1 fully saturated rings.